The summed E-state index contributed by atoms with van der Waals surface area (Å²) in [4.78, 5) is 27.2. The summed E-state index contributed by atoms with van der Waals surface area (Å²) in [6.07, 6.45) is 2.70. The highest BCUT2D eigenvalue weighted by Gasteiger charge is 2.45. The third-order valence-corrected chi connectivity index (χ3v) is 4.69. The zero-order chi connectivity index (χ0) is 18.8. The zero-order valence-electron chi connectivity index (χ0n) is 15.9. The summed E-state index contributed by atoms with van der Waals surface area (Å²) < 4.78 is 0. The van der Waals surface area contributed by atoms with E-state index in [-0.39, 0.29) is 17.1 Å². The number of rotatable bonds is 6. The number of aliphatic hydroxyl groups excluding tert-OH is 1. The van der Waals surface area contributed by atoms with E-state index >= 15 is 0 Å². The van der Waals surface area contributed by atoms with E-state index < -0.39 is 17.4 Å². The molecule has 1 aliphatic rings. The Labute approximate surface area is 150 Å². The summed E-state index contributed by atoms with van der Waals surface area (Å²) >= 11 is 0. The second-order valence-corrected chi connectivity index (χ2v) is 7.69. The number of ketones is 1. The van der Waals surface area contributed by atoms with E-state index in [1.54, 1.807) is 4.90 Å². The quantitative estimate of drug-likeness (QED) is 0.835. The van der Waals surface area contributed by atoms with Gasteiger partial charge < -0.3 is 10.0 Å². The van der Waals surface area contributed by atoms with Crippen molar-refractivity contribution in [3.8, 4) is 0 Å². The highest BCUT2D eigenvalue weighted by Crippen LogP contribution is 2.41. The molecule has 0 saturated carbocycles. The molecule has 1 amide bonds. The monoisotopic (exact) mass is 343 g/mol. The number of amides is 1. The minimum absolute atomic E-state index is 0.179. The molecule has 0 radical (unpaired) electrons. The predicted molar refractivity (Wildman–Crippen MR) is 99.3 cm³/mol. The van der Waals surface area contributed by atoms with Gasteiger partial charge in [-0.3, -0.25) is 9.59 Å². The number of aliphatic hydroxyl groups is 1. The normalized spacial score (nSPS) is 18.2. The van der Waals surface area contributed by atoms with Gasteiger partial charge in [-0.25, -0.2) is 0 Å². The summed E-state index contributed by atoms with van der Waals surface area (Å²) in [5.74, 6) is -1.01. The number of Topliss-reactive ketones (excluding diaryl/α,β-unsaturated/α-hetero) is 1. The molecule has 1 unspecified atom stereocenters. The number of unbranched alkanes of at least 4 members (excludes halogenated alkanes) is 1. The van der Waals surface area contributed by atoms with Crippen LogP contribution in [0.1, 0.15) is 64.6 Å². The second-order valence-electron chi connectivity index (χ2n) is 7.69. The fourth-order valence-electron chi connectivity index (χ4n) is 3.13. The Morgan fingerprint density at radius 3 is 2.24 bits per heavy atom. The molecule has 1 heterocycles. The first-order valence-electron chi connectivity index (χ1n) is 9.10. The lowest BCUT2D eigenvalue weighted by molar-refractivity contribution is -0.129. The van der Waals surface area contributed by atoms with E-state index in [2.05, 4.69) is 13.8 Å². The average Bonchev–Trinajstić information content (AvgIpc) is 2.82. The Bertz CT molecular complexity index is 680. The molecular weight excluding hydrogens is 314 g/mol. The van der Waals surface area contributed by atoms with Crippen LogP contribution in [0.15, 0.2) is 35.6 Å². The molecule has 2 rings (SSSR count). The second kappa shape index (κ2) is 7.42. The largest absolute Gasteiger partial charge is 0.503 e. The van der Waals surface area contributed by atoms with E-state index in [0.717, 1.165) is 24.8 Å². The Balaban J connectivity index is 2.52. The van der Waals surface area contributed by atoms with Crippen LogP contribution in [0.25, 0.3) is 0 Å². The molecule has 136 valence electrons. The highest BCUT2D eigenvalue weighted by molar-refractivity contribution is 6.10. The summed E-state index contributed by atoms with van der Waals surface area (Å²) in [7, 11) is 0. The van der Waals surface area contributed by atoms with Gasteiger partial charge in [0.2, 0.25) is 0 Å². The lowest BCUT2D eigenvalue weighted by atomic mass is 9.82. The standard InChI is InChI=1S/C21H29NO3/c1-6-8-13-22-17(15-11-9-14(7-2)10-12-15)16(18(23)20(22)25)19(24)21(3,4)5/h9-12,17,23H,6-8,13H2,1-5H3. The van der Waals surface area contributed by atoms with Gasteiger partial charge in [-0.05, 0) is 24.0 Å². The zero-order valence-corrected chi connectivity index (χ0v) is 15.9. The van der Waals surface area contributed by atoms with Crippen molar-refractivity contribution in [2.45, 2.75) is 59.9 Å². The van der Waals surface area contributed by atoms with Crippen LogP contribution in [0.4, 0.5) is 0 Å². The molecule has 25 heavy (non-hydrogen) atoms. The summed E-state index contributed by atoms with van der Waals surface area (Å²) in [6.45, 7) is 10.1. The molecule has 4 heteroatoms. The number of carbonyl (C=O) groups excluding carboxylic acids is 2. The lowest BCUT2D eigenvalue weighted by Gasteiger charge is -2.29. The fourth-order valence-corrected chi connectivity index (χ4v) is 3.13. The van der Waals surface area contributed by atoms with Gasteiger partial charge in [-0.2, -0.15) is 0 Å². The van der Waals surface area contributed by atoms with Gasteiger partial charge in [-0.15, -0.1) is 0 Å². The first kappa shape index (κ1) is 19.2. The molecule has 1 aromatic rings. The predicted octanol–water partition coefficient (Wildman–Crippen LogP) is 4.36. The van der Waals surface area contributed by atoms with Crippen molar-refractivity contribution in [1.82, 2.24) is 4.90 Å². The average molecular weight is 343 g/mol. The Morgan fingerprint density at radius 2 is 1.76 bits per heavy atom. The molecule has 4 nitrogen and oxygen atoms in total. The highest BCUT2D eigenvalue weighted by atomic mass is 16.3. The number of hydrogen-bond donors (Lipinski definition) is 1. The summed E-state index contributed by atoms with van der Waals surface area (Å²) in [5.41, 5.74) is 1.65. The van der Waals surface area contributed by atoms with Crippen LogP contribution in [-0.2, 0) is 16.0 Å². The maximum Gasteiger partial charge on any atom is 0.290 e. The van der Waals surface area contributed by atoms with Crippen LogP contribution in [0.5, 0.6) is 0 Å². The van der Waals surface area contributed by atoms with E-state index in [1.165, 1.54) is 5.56 Å². The van der Waals surface area contributed by atoms with Gasteiger partial charge in [0.15, 0.2) is 11.5 Å². The minimum atomic E-state index is -0.661. The first-order valence-corrected chi connectivity index (χ1v) is 9.10. The molecule has 1 N–H and O–H groups in total. The molecule has 1 aliphatic heterocycles. The minimum Gasteiger partial charge on any atom is -0.503 e. The third-order valence-electron chi connectivity index (χ3n) is 4.69. The molecule has 0 fully saturated rings. The fraction of sp³-hybridized carbons (Fsp3) is 0.524. The van der Waals surface area contributed by atoms with Crippen molar-refractivity contribution in [1.29, 1.82) is 0 Å². The number of hydrogen-bond acceptors (Lipinski definition) is 3. The first-order chi connectivity index (χ1) is 11.7. The van der Waals surface area contributed by atoms with E-state index in [1.807, 2.05) is 45.0 Å². The molecular formula is C21H29NO3. The van der Waals surface area contributed by atoms with Crippen LogP contribution in [0.2, 0.25) is 0 Å². The molecule has 0 aliphatic carbocycles. The van der Waals surface area contributed by atoms with Crippen LogP contribution in [-0.4, -0.2) is 28.2 Å². The number of benzene rings is 1. The van der Waals surface area contributed by atoms with Crippen LogP contribution >= 0.6 is 0 Å². The van der Waals surface area contributed by atoms with Crippen LogP contribution in [0.3, 0.4) is 0 Å². The Hall–Kier alpha value is -2.10. The smallest absolute Gasteiger partial charge is 0.290 e. The van der Waals surface area contributed by atoms with Gasteiger partial charge in [-0.1, -0.05) is 65.3 Å². The SMILES string of the molecule is CCCCN1C(=O)C(O)=C(C(=O)C(C)(C)C)C1c1ccc(CC)cc1. The van der Waals surface area contributed by atoms with Crippen molar-refractivity contribution in [2.24, 2.45) is 5.41 Å². The lowest BCUT2D eigenvalue weighted by Crippen LogP contribution is -2.33. The van der Waals surface area contributed by atoms with Gasteiger partial charge in [0.1, 0.15) is 0 Å². The van der Waals surface area contributed by atoms with E-state index in [0.29, 0.717) is 6.54 Å². The maximum atomic E-state index is 13.0. The van der Waals surface area contributed by atoms with Crippen molar-refractivity contribution in [2.75, 3.05) is 6.54 Å². The molecule has 1 aromatic carbocycles. The molecule has 0 bridgehead atoms. The van der Waals surface area contributed by atoms with Crippen molar-refractivity contribution in [3.05, 3.63) is 46.7 Å². The molecule has 0 spiro atoms. The van der Waals surface area contributed by atoms with Crippen LogP contribution in [0, 0.1) is 5.41 Å². The van der Waals surface area contributed by atoms with Crippen molar-refractivity contribution >= 4 is 11.7 Å². The molecule has 1 atom stereocenters. The Morgan fingerprint density at radius 1 is 1.16 bits per heavy atom. The molecule has 0 aromatic heterocycles. The van der Waals surface area contributed by atoms with Gasteiger partial charge in [0.05, 0.1) is 11.6 Å². The van der Waals surface area contributed by atoms with Gasteiger partial charge in [0.25, 0.3) is 5.91 Å². The summed E-state index contributed by atoms with van der Waals surface area (Å²) in [6, 6.07) is 7.46. The summed E-state index contributed by atoms with van der Waals surface area (Å²) in [5, 5.41) is 10.5. The number of carbonyl (C=O) groups is 2. The van der Waals surface area contributed by atoms with Gasteiger partial charge >= 0.3 is 0 Å². The number of nitrogens with zero attached hydrogens (tertiary/aromatic N) is 1. The number of aryl methyl sites for hydroxylation is 1. The maximum absolute atomic E-state index is 13.0. The van der Waals surface area contributed by atoms with Gasteiger partial charge in [0, 0.05) is 12.0 Å². The van der Waals surface area contributed by atoms with Crippen molar-refractivity contribution < 1.29 is 14.7 Å². The van der Waals surface area contributed by atoms with E-state index in [4.69, 9.17) is 0 Å². The van der Waals surface area contributed by atoms with Crippen molar-refractivity contribution in [3.63, 3.8) is 0 Å². The Kier molecular flexibility index (Phi) is 5.71. The topological polar surface area (TPSA) is 57.6 Å². The van der Waals surface area contributed by atoms with Crippen LogP contribution < -0.4 is 0 Å². The molecule has 0 saturated heterocycles. The third kappa shape index (κ3) is 3.78. The van der Waals surface area contributed by atoms with E-state index in [9.17, 15) is 14.7 Å².